The number of hydrogen-bond acceptors (Lipinski definition) is 2. The Morgan fingerprint density at radius 3 is 2.58 bits per heavy atom. The standard InChI is InChI=1S/C20H28N2O2/c1-12-4-6-17(8-13(12)2)19(23)11-21-20(24)22-14(3)18-10-15-5-7-16(18)9-15/h4,6,8,14-16,18H,5,7,9-11H2,1-3H3,(H2,21,22,24). The zero-order chi connectivity index (χ0) is 17.3. The molecule has 2 bridgehead atoms. The summed E-state index contributed by atoms with van der Waals surface area (Å²) in [6, 6.07) is 5.59. The molecular weight excluding hydrogens is 300 g/mol. The maximum Gasteiger partial charge on any atom is 0.315 e. The molecule has 0 aromatic heterocycles. The van der Waals surface area contributed by atoms with Gasteiger partial charge in [-0.1, -0.05) is 18.6 Å². The van der Waals surface area contributed by atoms with Gasteiger partial charge in [0.1, 0.15) is 0 Å². The fourth-order valence-electron chi connectivity index (χ4n) is 4.45. The van der Waals surface area contributed by atoms with Crippen molar-refractivity contribution in [1.82, 2.24) is 10.6 Å². The molecule has 4 nitrogen and oxygen atoms in total. The van der Waals surface area contributed by atoms with E-state index in [0.717, 1.165) is 23.0 Å². The van der Waals surface area contributed by atoms with E-state index in [0.29, 0.717) is 11.5 Å². The van der Waals surface area contributed by atoms with E-state index in [9.17, 15) is 9.59 Å². The Bertz CT molecular complexity index is 641. The number of amides is 2. The van der Waals surface area contributed by atoms with Crippen molar-refractivity contribution in [1.29, 1.82) is 0 Å². The minimum absolute atomic E-state index is 0.0395. The second-order valence-corrected chi connectivity index (χ2v) is 7.68. The van der Waals surface area contributed by atoms with Crippen LogP contribution >= 0.6 is 0 Å². The average molecular weight is 328 g/mol. The van der Waals surface area contributed by atoms with E-state index in [-0.39, 0.29) is 24.4 Å². The van der Waals surface area contributed by atoms with E-state index in [4.69, 9.17) is 0 Å². The third kappa shape index (κ3) is 3.63. The maximum atomic E-state index is 12.2. The van der Waals surface area contributed by atoms with Crippen LogP contribution in [-0.2, 0) is 0 Å². The van der Waals surface area contributed by atoms with Gasteiger partial charge in [-0.25, -0.2) is 4.79 Å². The number of ketones is 1. The summed E-state index contributed by atoms with van der Waals surface area (Å²) in [7, 11) is 0. The number of hydrogen-bond donors (Lipinski definition) is 2. The first kappa shape index (κ1) is 17.0. The van der Waals surface area contributed by atoms with Gasteiger partial charge in [0.25, 0.3) is 0 Å². The largest absolute Gasteiger partial charge is 0.335 e. The third-order valence-corrected chi connectivity index (χ3v) is 6.03. The number of fused-ring (bicyclic) bond motifs is 2. The molecule has 2 aliphatic carbocycles. The first-order valence-electron chi connectivity index (χ1n) is 9.09. The Balaban J connectivity index is 1.46. The molecule has 24 heavy (non-hydrogen) atoms. The van der Waals surface area contributed by atoms with E-state index in [1.165, 1.54) is 25.7 Å². The summed E-state index contributed by atoms with van der Waals surface area (Å²) in [5, 5.41) is 5.75. The van der Waals surface area contributed by atoms with Crippen molar-refractivity contribution in [2.75, 3.05) is 6.54 Å². The van der Waals surface area contributed by atoms with Gasteiger partial charge in [-0.2, -0.15) is 0 Å². The summed E-state index contributed by atoms with van der Waals surface area (Å²) < 4.78 is 0. The Labute approximate surface area is 144 Å². The van der Waals surface area contributed by atoms with Crippen LogP contribution in [0.2, 0.25) is 0 Å². The summed E-state index contributed by atoms with van der Waals surface area (Å²) in [6.45, 7) is 6.14. The number of nitrogens with one attached hydrogen (secondary N) is 2. The van der Waals surface area contributed by atoms with Crippen molar-refractivity contribution in [3.63, 3.8) is 0 Å². The first-order valence-corrected chi connectivity index (χ1v) is 9.09. The van der Waals surface area contributed by atoms with Crippen molar-refractivity contribution in [2.45, 2.75) is 52.5 Å². The fourth-order valence-corrected chi connectivity index (χ4v) is 4.45. The average Bonchev–Trinajstić information content (AvgIpc) is 3.18. The van der Waals surface area contributed by atoms with Gasteiger partial charge in [-0.3, -0.25) is 4.79 Å². The molecule has 2 fully saturated rings. The molecule has 2 N–H and O–H groups in total. The number of rotatable bonds is 5. The number of Topliss-reactive ketones (excluding diaryl/α,β-unsaturated/α-hetero) is 1. The Kier molecular flexibility index (Phi) is 4.93. The third-order valence-electron chi connectivity index (χ3n) is 6.03. The first-order chi connectivity index (χ1) is 11.4. The van der Waals surface area contributed by atoms with Crippen LogP contribution in [0, 0.1) is 31.6 Å². The predicted octanol–water partition coefficient (Wildman–Crippen LogP) is 3.61. The van der Waals surface area contributed by atoms with Gasteiger partial charge in [-0.05, 0) is 75.0 Å². The van der Waals surface area contributed by atoms with Gasteiger partial charge < -0.3 is 10.6 Å². The lowest BCUT2D eigenvalue weighted by Gasteiger charge is -2.28. The van der Waals surface area contributed by atoms with Gasteiger partial charge in [0.15, 0.2) is 5.78 Å². The zero-order valence-corrected chi connectivity index (χ0v) is 14.9. The molecular formula is C20H28N2O2. The van der Waals surface area contributed by atoms with Crippen molar-refractivity contribution >= 4 is 11.8 Å². The van der Waals surface area contributed by atoms with Crippen LogP contribution in [0.3, 0.4) is 0 Å². The molecule has 2 aliphatic rings. The van der Waals surface area contributed by atoms with Crippen molar-refractivity contribution in [3.8, 4) is 0 Å². The molecule has 0 aliphatic heterocycles. The minimum atomic E-state index is -0.234. The maximum absolute atomic E-state index is 12.2. The topological polar surface area (TPSA) is 58.2 Å². The van der Waals surface area contributed by atoms with Crippen molar-refractivity contribution < 1.29 is 9.59 Å². The Morgan fingerprint density at radius 1 is 1.17 bits per heavy atom. The van der Waals surface area contributed by atoms with Gasteiger partial charge >= 0.3 is 6.03 Å². The molecule has 0 radical (unpaired) electrons. The molecule has 0 spiro atoms. The molecule has 2 saturated carbocycles. The molecule has 1 aromatic rings. The van der Waals surface area contributed by atoms with Gasteiger partial charge in [0.2, 0.25) is 0 Å². The van der Waals surface area contributed by atoms with Crippen molar-refractivity contribution in [2.24, 2.45) is 17.8 Å². The molecule has 2 amide bonds. The van der Waals surface area contributed by atoms with Gasteiger partial charge in [0.05, 0.1) is 6.54 Å². The van der Waals surface area contributed by atoms with Crippen LogP contribution in [0.1, 0.15) is 54.1 Å². The lowest BCUT2D eigenvalue weighted by Crippen LogP contribution is -2.46. The summed E-state index contributed by atoms with van der Waals surface area (Å²) in [5.74, 6) is 2.20. The minimum Gasteiger partial charge on any atom is -0.335 e. The summed E-state index contributed by atoms with van der Waals surface area (Å²) in [4.78, 5) is 24.3. The number of carbonyl (C=O) groups excluding carboxylic acids is 2. The molecule has 4 heteroatoms. The highest BCUT2D eigenvalue weighted by molar-refractivity contribution is 5.99. The highest BCUT2D eigenvalue weighted by Gasteiger charge is 2.42. The highest BCUT2D eigenvalue weighted by Crippen LogP contribution is 2.49. The predicted molar refractivity (Wildman–Crippen MR) is 95.2 cm³/mol. The second-order valence-electron chi connectivity index (χ2n) is 7.68. The quantitative estimate of drug-likeness (QED) is 0.811. The number of benzene rings is 1. The molecule has 4 atom stereocenters. The van der Waals surface area contributed by atoms with Gasteiger partial charge in [0, 0.05) is 11.6 Å². The monoisotopic (exact) mass is 328 g/mol. The van der Waals surface area contributed by atoms with Crippen LogP contribution < -0.4 is 10.6 Å². The Morgan fingerprint density at radius 2 is 1.96 bits per heavy atom. The fraction of sp³-hybridized carbons (Fsp3) is 0.600. The van der Waals surface area contributed by atoms with Crippen molar-refractivity contribution in [3.05, 3.63) is 34.9 Å². The molecule has 1 aromatic carbocycles. The van der Waals surface area contributed by atoms with E-state index in [1.807, 2.05) is 32.0 Å². The molecule has 0 saturated heterocycles. The highest BCUT2D eigenvalue weighted by atomic mass is 16.2. The number of carbonyl (C=O) groups is 2. The van der Waals surface area contributed by atoms with Crippen LogP contribution in [0.15, 0.2) is 18.2 Å². The van der Waals surface area contributed by atoms with Crippen LogP contribution in [0.5, 0.6) is 0 Å². The number of aryl methyl sites for hydroxylation is 2. The van der Waals surface area contributed by atoms with E-state index in [1.54, 1.807) is 0 Å². The van der Waals surface area contributed by atoms with Crippen LogP contribution in [0.4, 0.5) is 4.79 Å². The van der Waals surface area contributed by atoms with Crippen LogP contribution in [0.25, 0.3) is 0 Å². The lowest BCUT2D eigenvalue weighted by atomic mass is 9.84. The summed E-state index contributed by atoms with van der Waals surface area (Å²) in [6.07, 6.45) is 5.26. The van der Waals surface area contributed by atoms with Gasteiger partial charge in [-0.15, -0.1) is 0 Å². The molecule has 130 valence electrons. The molecule has 4 unspecified atom stereocenters. The smallest absolute Gasteiger partial charge is 0.315 e. The van der Waals surface area contributed by atoms with Crippen LogP contribution in [-0.4, -0.2) is 24.4 Å². The Hall–Kier alpha value is -1.84. The second kappa shape index (κ2) is 6.96. The summed E-state index contributed by atoms with van der Waals surface area (Å²) >= 11 is 0. The SMILES string of the molecule is Cc1ccc(C(=O)CNC(=O)NC(C)C2CC3CCC2C3)cc1C. The van der Waals surface area contributed by atoms with E-state index >= 15 is 0 Å². The summed E-state index contributed by atoms with van der Waals surface area (Å²) in [5.41, 5.74) is 2.91. The molecule has 3 rings (SSSR count). The zero-order valence-electron chi connectivity index (χ0n) is 14.9. The number of urea groups is 1. The van der Waals surface area contributed by atoms with E-state index < -0.39 is 0 Å². The van der Waals surface area contributed by atoms with E-state index in [2.05, 4.69) is 17.6 Å². The normalized spacial score (nSPS) is 26.2. The lowest BCUT2D eigenvalue weighted by molar-refractivity contribution is 0.0991. The molecule has 0 heterocycles.